The van der Waals surface area contributed by atoms with Crippen molar-refractivity contribution >= 4 is 0 Å². The molecule has 0 fully saturated rings. The van der Waals surface area contributed by atoms with Crippen LogP contribution < -0.4 is 0 Å². The first-order valence-corrected chi connectivity index (χ1v) is 6.57. The summed E-state index contributed by atoms with van der Waals surface area (Å²) in [5, 5.41) is 0. The van der Waals surface area contributed by atoms with E-state index in [9.17, 15) is 13.2 Å². The van der Waals surface area contributed by atoms with Crippen molar-refractivity contribution in [1.82, 2.24) is 0 Å². The molecule has 19 heavy (non-hydrogen) atoms. The molecule has 0 saturated carbocycles. The van der Waals surface area contributed by atoms with Gasteiger partial charge in [-0.25, -0.2) is 13.2 Å². The van der Waals surface area contributed by atoms with Crippen molar-refractivity contribution in [3.63, 3.8) is 0 Å². The van der Waals surface area contributed by atoms with Crippen LogP contribution in [0.1, 0.15) is 59.4 Å². The SMILES string of the molecule is CC(C)(C)CC(c1ccc(F)c(F)c1F)C(C)(C)C. The summed E-state index contributed by atoms with van der Waals surface area (Å²) in [6.45, 7) is 12.1. The number of rotatable bonds is 2. The van der Waals surface area contributed by atoms with Crippen LogP contribution in [0.4, 0.5) is 13.2 Å². The summed E-state index contributed by atoms with van der Waals surface area (Å²) < 4.78 is 40.5. The highest BCUT2D eigenvalue weighted by molar-refractivity contribution is 5.26. The lowest BCUT2D eigenvalue weighted by Crippen LogP contribution is -2.25. The quantitative estimate of drug-likeness (QED) is 0.608. The average Bonchev–Trinajstić information content (AvgIpc) is 2.21. The van der Waals surface area contributed by atoms with Crippen LogP contribution >= 0.6 is 0 Å². The molecule has 1 aromatic rings. The minimum Gasteiger partial charge on any atom is -0.204 e. The normalized spacial score (nSPS) is 14.6. The van der Waals surface area contributed by atoms with Crippen LogP contribution in [0.25, 0.3) is 0 Å². The Morgan fingerprint density at radius 1 is 0.895 bits per heavy atom. The van der Waals surface area contributed by atoms with Crippen LogP contribution in [0.15, 0.2) is 12.1 Å². The van der Waals surface area contributed by atoms with Gasteiger partial charge in [0, 0.05) is 0 Å². The standard InChI is InChI=1S/C16H23F3/c1-15(2,3)9-11(16(4,5)6)10-7-8-12(17)14(19)13(10)18/h7-8,11H,9H2,1-6H3. The molecule has 0 spiro atoms. The van der Waals surface area contributed by atoms with Gasteiger partial charge in [0.25, 0.3) is 0 Å². The van der Waals surface area contributed by atoms with E-state index in [0.717, 1.165) is 6.07 Å². The predicted octanol–water partition coefficient (Wildman–Crippen LogP) is 5.67. The van der Waals surface area contributed by atoms with Gasteiger partial charge < -0.3 is 0 Å². The minimum atomic E-state index is -1.37. The van der Waals surface area contributed by atoms with Crippen LogP contribution in [0.3, 0.4) is 0 Å². The van der Waals surface area contributed by atoms with Crippen molar-refractivity contribution in [3.8, 4) is 0 Å². The molecule has 0 radical (unpaired) electrons. The van der Waals surface area contributed by atoms with E-state index < -0.39 is 17.5 Å². The second-order valence-electron chi connectivity index (χ2n) is 7.45. The Bertz CT molecular complexity index is 450. The smallest absolute Gasteiger partial charge is 0.194 e. The molecule has 0 aliphatic carbocycles. The molecule has 1 atom stereocenters. The molecule has 0 amide bonds. The van der Waals surface area contributed by atoms with Crippen molar-refractivity contribution in [2.24, 2.45) is 10.8 Å². The molecule has 0 aliphatic heterocycles. The van der Waals surface area contributed by atoms with E-state index in [-0.39, 0.29) is 22.3 Å². The lowest BCUT2D eigenvalue weighted by atomic mass is 9.69. The molecule has 0 aliphatic rings. The van der Waals surface area contributed by atoms with Gasteiger partial charge in [0.05, 0.1) is 0 Å². The van der Waals surface area contributed by atoms with E-state index in [1.807, 2.05) is 20.8 Å². The van der Waals surface area contributed by atoms with Gasteiger partial charge in [0.2, 0.25) is 0 Å². The second-order valence-corrected chi connectivity index (χ2v) is 7.45. The molecule has 3 heteroatoms. The summed E-state index contributed by atoms with van der Waals surface area (Å²) >= 11 is 0. The number of hydrogen-bond donors (Lipinski definition) is 0. The zero-order valence-electron chi connectivity index (χ0n) is 12.6. The topological polar surface area (TPSA) is 0 Å². The van der Waals surface area contributed by atoms with Crippen LogP contribution in [-0.2, 0) is 0 Å². The largest absolute Gasteiger partial charge is 0.204 e. The lowest BCUT2D eigenvalue weighted by molar-refractivity contribution is 0.223. The molecule has 0 saturated heterocycles. The molecule has 0 heterocycles. The maximum atomic E-state index is 14.0. The van der Waals surface area contributed by atoms with E-state index >= 15 is 0 Å². The van der Waals surface area contributed by atoms with Crippen molar-refractivity contribution < 1.29 is 13.2 Å². The van der Waals surface area contributed by atoms with E-state index in [1.54, 1.807) is 0 Å². The first-order valence-electron chi connectivity index (χ1n) is 6.57. The Labute approximate surface area is 114 Å². The monoisotopic (exact) mass is 272 g/mol. The van der Waals surface area contributed by atoms with Crippen molar-refractivity contribution in [2.75, 3.05) is 0 Å². The molecular formula is C16H23F3. The summed E-state index contributed by atoms with van der Waals surface area (Å²) in [4.78, 5) is 0. The molecular weight excluding hydrogens is 249 g/mol. The third-order valence-corrected chi connectivity index (χ3v) is 3.30. The van der Waals surface area contributed by atoms with E-state index in [4.69, 9.17) is 0 Å². The highest BCUT2D eigenvalue weighted by Crippen LogP contribution is 2.44. The van der Waals surface area contributed by atoms with E-state index in [1.165, 1.54) is 6.07 Å². The van der Waals surface area contributed by atoms with Crippen molar-refractivity contribution in [2.45, 2.75) is 53.9 Å². The highest BCUT2D eigenvalue weighted by Gasteiger charge is 2.33. The summed E-state index contributed by atoms with van der Waals surface area (Å²) in [5.41, 5.74) is 0.0227. The van der Waals surface area contributed by atoms with Gasteiger partial charge in [-0.05, 0) is 34.8 Å². The number of benzene rings is 1. The highest BCUT2D eigenvalue weighted by atomic mass is 19.2. The zero-order valence-corrected chi connectivity index (χ0v) is 12.6. The number of halogens is 3. The number of hydrogen-bond acceptors (Lipinski definition) is 0. The fraction of sp³-hybridized carbons (Fsp3) is 0.625. The van der Waals surface area contributed by atoms with Crippen LogP contribution in [0.2, 0.25) is 0 Å². The van der Waals surface area contributed by atoms with Crippen LogP contribution in [0, 0.1) is 28.3 Å². The Morgan fingerprint density at radius 3 is 1.84 bits per heavy atom. The lowest BCUT2D eigenvalue weighted by Gasteiger charge is -2.36. The zero-order chi connectivity index (χ0) is 15.0. The molecule has 0 aromatic heterocycles. The Kier molecular flexibility index (Phi) is 4.38. The van der Waals surface area contributed by atoms with Gasteiger partial charge in [0.15, 0.2) is 17.5 Å². The molecule has 1 rings (SSSR count). The van der Waals surface area contributed by atoms with Crippen LogP contribution in [-0.4, -0.2) is 0 Å². The minimum absolute atomic E-state index is 0.0186. The van der Waals surface area contributed by atoms with Gasteiger partial charge in [-0.1, -0.05) is 47.6 Å². The fourth-order valence-corrected chi connectivity index (χ4v) is 2.30. The molecule has 0 bridgehead atoms. The molecule has 1 aromatic carbocycles. The van der Waals surface area contributed by atoms with Gasteiger partial charge in [-0.3, -0.25) is 0 Å². The van der Waals surface area contributed by atoms with Gasteiger partial charge in [-0.2, -0.15) is 0 Å². The Balaban J connectivity index is 3.31. The predicted molar refractivity (Wildman–Crippen MR) is 72.6 cm³/mol. The molecule has 1 unspecified atom stereocenters. The summed E-state index contributed by atoms with van der Waals surface area (Å²) in [5.74, 6) is -3.72. The van der Waals surface area contributed by atoms with Crippen molar-refractivity contribution in [3.05, 3.63) is 35.1 Å². The fourth-order valence-electron chi connectivity index (χ4n) is 2.30. The van der Waals surface area contributed by atoms with Gasteiger partial charge >= 0.3 is 0 Å². The first-order chi connectivity index (χ1) is 8.43. The first kappa shape index (κ1) is 16.1. The Hall–Kier alpha value is -0.990. The third kappa shape index (κ3) is 3.99. The van der Waals surface area contributed by atoms with Gasteiger partial charge in [0.1, 0.15) is 0 Å². The molecule has 0 nitrogen and oxygen atoms in total. The Morgan fingerprint density at radius 2 is 1.42 bits per heavy atom. The maximum Gasteiger partial charge on any atom is 0.194 e. The maximum absolute atomic E-state index is 14.0. The van der Waals surface area contributed by atoms with Crippen LogP contribution in [0.5, 0.6) is 0 Å². The summed E-state index contributed by atoms with van der Waals surface area (Å²) in [6.07, 6.45) is 0.707. The summed E-state index contributed by atoms with van der Waals surface area (Å²) in [6, 6.07) is 2.38. The van der Waals surface area contributed by atoms with Gasteiger partial charge in [-0.15, -0.1) is 0 Å². The van der Waals surface area contributed by atoms with E-state index in [0.29, 0.717) is 6.42 Å². The third-order valence-electron chi connectivity index (χ3n) is 3.30. The van der Waals surface area contributed by atoms with Crippen molar-refractivity contribution in [1.29, 1.82) is 0 Å². The molecule has 0 N–H and O–H groups in total. The average molecular weight is 272 g/mol. The molecule has 108 valence electrons. The summed E-state index contributed by atoms with van der Waals surface area (Å²) in [7, 11) is 0. The second kappa shape index (κ2) is 5.18. The van der Waals surface area contributed by atoms with E-state index in [2.05, 4.69) is 20.8 Å².